The van der Waals surface area contributed by atoms with Crippen LogP contribution < -0.4 is 15.5 Å². The summed E-state index contributed by atoms with van der Waals surface area (Å²) in [5, 5.41) is 13.3. The molecule has 11 heteroatoms. The molecule has 1 fully saturated rings. The Morgan fingerprint density at radius 3 is 2.77 bits per heavy atom. The highest BCUT2D eigenvalue weighted by atomic mass is 35.5. The van der Waals surface area contributed by atoms with E-state index >= 15 is 0 Å². The van der Waals surface area contributed by atoms with Crippen molar-refractivity contribution in [2.24, 2.45) is 0 Å². The molecule has 10 nitrogen and oxygen atoms in total. The number of H-pyrrole nitrogens is 1. The minimum absolute atomic E-state index is 0.409. The summed E-state index contributed by atoms with van der Waals surface area (Å²) < 4.78 is 5.51. The number of carbonyl (C=O) groups excluding carboxylic acids is 1. The predicted molar refractivity (Wildman–Crippen MR) is 115 cm³/mol. The van der Waals surface area contributed by atoms with Crippen LogP contribution in [-0.4, -0.2) is 64.0 Å². The van der Waals surface area contributed by atoms with Crippen molar-refractivity contribution < 1.29 is 9.53 Å². The first-order chi connectivity index (χ1) is 14.4. The number of pyridine rings is 1. The van der Waals surface area contributed by atoms with Gasteiger partial charge in [0.25, 0.3) is 0 Å². The van der Waals surface area contributed by atoms with E-state index in [0.717, 1.165) is 11.4 Å². The van der Waals surface area contributed by atoms with E-state index in [4.69, 9.17) is 21.3 Å². The van der Waals surface area contributed by atoms with E-state index < -0.39 is 11.7 Å². The second-order valence-corrected chi connectivity index (χ2v) is 7.72. The molecule has 3 aromatic heterocycles. The fourth-order valence-electron chi connectivity index (χ4n) is 3.52. The Balaban J connectivity index is 1.56. The molecule has 4 rings (SSSR count). The fourth-order valence-corrected chi connectivity index (χ4v) is 3.82. The minimum atomic E-state index is -0.488. The lowest BCUT2D eigenvalue weighted by Gasteiger charge is -2.39. The first-order valence-electron chi connectivity index (χ1n) is 9.63. The van der Waals surface area contributed by atoms with Crippen molar-refractivity contribution in [3.8, 4) is 11.3 Å². The SMILES string of the molecule is CNC(=O)OC1(C)CCN(c2cnc3c(-c4ccnc(NC)c4Cl)n[nH]c3n2)CC1. The molecule has 0 atom stereocenters. The van der Waals surface area contributed by atoms with Crippen LogP contribution in [0.3, 0.4) is 0 Å². The number of hydrogen-bond donors (Lipinski definition) is 3. The second kappa shape index (κ2) is 7.94. The third-order valence-corrected chi connectivity index (χ3v) is 5.71. The first kappa shape index (κ1) is 20.1. The molecular weight excluding hydrogens is 408 g/mol. The van der Waals surface area contributed by atoms with Gasteiger partial charge in [0.1, 0.15) is 28.4 Å². The molecule has 0 saturated carbocycles. The minimum Gasteiger partial charge on any atom is -0.443 e. The standard InChI is InChI=1S/C19H23ClN8O2/c1-19(30-18(29)22-3)5-8-28(9-6-19)12-10-24-15-14(26-27-17(15)25-12)11-4-7-23-16(21-2)13(11)20/h4,7,10H,5-6,8-9H2,1-3H3,(H,21,23)(H,22,29)(H,25,26,27). The van der Waals surface area contributed by atoms with Crippen LogP contribution in [0.5, 0.6) is 0 Å². The van der Waals surface area contributed by atoms with Crippen LogP contribution in [0.25, 0.3) is 22.4 Å². The third-order valence-electron chi connectivity index (χ3n) is 5.33. The Kier molecular flexibility index (Phi) is 5.33. The zero-order valence-corrected chi connectivity index (χ0v) is 17.7. The molecule has 1 saturated heterocycles. The predicted octanol–water partition coefficient (Wildman–Crippen LogP) is 2.82. The average Bonchev–Trinajstić information content (AvgIpc) is 3.17. The number of piperidine rings is 1. The van der Waals surface area contributed by atoms with Crippen LogP contribution in [0.1, 0.15) is 19.8 Å². The summed E-state index contributed by atoms with van der Waals surface area (Å²) in [5.41, 5.74) is 2.08. The van der Waals surface area contributed by atoms with Gasteiger partial charge in [-0.25, -0.2) is 19.7 Å². The van der Waals surface area contributed by atoms with Gasteiger partial charge in [-0.15, -0.1) is 0 Å². The molecule has 3 N–H and O–H groups in total. The molecule has 30 heavy (non-hydrogen) atoms. The summed E-state index contributed by atoms with van der Waals surface area (Å²) in [4.78, 5) is 27.2. The quantitative estimate of drug-likeness (QED) is 0.577. The Bertz CT molecular complexity index is 1080. The largest absolute Gasteiger partial charge is 0.443 e. The molecule has 0 radical (unpaired) electrons. The number of amides is 1. The number of alkyl carbamates (subject to hydrolysis) is 1. The summed E-state index contributed by atoms with van der Waals surface area (Å²) in [6.45, 7) is 3.36. The third kappa shape index (κ3) is 3.70. The smallest absolute Gasteiger partial charge is 0.407 e. The monoisotopic (exact) mass is 430 g/mol. The number of anilines is 2. The zero-order valence-electron chi connectivity index (χ0n) is 17.0. The molecule has 1 aliphatic heterocycles. The van der Waals surface area contributed by atoms with E-state index in [1.165, 1.54) is 0 Å². The highest BCUT2D eigenvalue weighted by Gasteiger charge is 2.34. The van der Waals surface area contributed by atoms with Gasteiger partial charge in [-0.3, -0.25) is 5.10 Å². The highest BCUT2D eigenvalue weighted by Crippen LogP contribution is 2.34. The number of carbonyl (C=O) groups is 1. The van der Waals surface area contributed by atoms with Gasteiger partial charge in [-0.05, 0) is 13.0 Å². The van der Waals surface area contributed by atoms with Crippen LogP contribution in [0.4, 0.5) is 16.4 Å². The van der Waals surface area contributed by atoms with Gasteiger partial charge in [-0.1, -0.05) is 11.6 Å². The van der Waals surface area contributed by atoms with Crippen LogP contribution in [0.2, 0.25) is 5.02 Å². The fraction of sp³-hybridized carbons (Fsp3) is 0.421. The van der Waals surface area contributed by atoms with E-state index in [0.29, 0.717) is 53.6 Å². The lowest BCUT2D eigenvalue weighted by atomic mass is 9.93. The van der Waals surface area contributed by atoms with Crippen molar-refractivity contribution in [2.75, 3.05) is 37.4 Å². The Labute approximate surface area is 178 Å². The number of nitrogens with zero attached hydrogens (tertiary/aromatic N) is 5. The first-order valence-corrected chi connectivity index (χ1v) is 10.0. The summed E-state index contributed by atoms with van der Waals surface area (Å²) in [6, 6.07) is 1.80. The van der Waals surface area contributed by atoms with E-state index in [9.17, 15) is 4.79 Å². The van der Waals surface area contributed by atoms with Crippen LogP contribution in [0, 0.1) is 0 Å². The molecule has 0 aromatic carbocycles. The van der Waals surface area contributed by atoms with Gasteiger partial charge in [0.2, 0.25) is 0 Å². The van der Waals surface area contributed by atoms with Gasteiger partial charge in [0, 0.05) is 51.8 Å². The van der Waals surface area contributed by atoms with E-state index in [-0.39, 0.29) is 0 Å². The highest BCUT2D eigenvalue weighted by molar-refractivity contribution is 6.35. The van der Waals surface area contributed by atoms with Crippen LogP contribution in [0.15, 0.2) is 18.5 Å². The number of halogens is 1. The van der Waals surface area contributed by atoms with Crippen molar-refractivity contribution in [3.05, 3.63) is 23.5 Å². The molecule has 4 heterocycles. The van der Waals surface area contributed by atoms with Gasteiger partial charge >= 0.3 is 6.09 Å². The molecule has 158 valence electrons. The van der Waals surface area contributed by atoms with E-state index in [2.05, 4.69) is 35.7 Å². The number of fused-ring (bicyclic) bond motifs is 1. The maximum absolute atomic E-state index is 11.6. The number of hydrogen-bond acceptors (Lipinski definition) is 8. The zero-order chi connectivity index (χ0) is 21.3. The van der Waals surface area contributed by atoms with Crippen molar-refractivity contribution in [1.29, 1.82) is 0 Å². The molecule has 1 amide bonds. The van der Waals surface area contributed by atoms with E-state index in [1.54, 1.807) is 32.6 Å². The molecule has 0 unspecified atom stereocenters. The van der Waals surface area contributed by atoms with Crippen LogP contribution >= 0.6 is 11.6 Å². The second-order valence-electron chi connectivity index (χ2n) is 7.35. The number of aromatic amines is 1. The van der Waals surface area contributed by atoms with Crippen LogP contribution in [-0.2, 0) is 4.74 Å². The van der Waals surface area contributed by atoms with Crippen molar-refractivity contribution in [1.82, 2.24) is 30.5 Å². The summed E-state index contributed by atoms with van der Waals surface area (Å²) in [7, 11) is 3.32. The van der Waals surface area contributed by atoms with Gasteiger partial charge in [0.15, 0.2) is 5.65 Å². The Morgan fingerprint density at radius 1 is 1.30 bits per heavy atom. The number of rotatable bonds is 4. The number of ether oxygens (including phenoxy) is 1. The summed E-state index contributed by atoms with van der Waals surface area (Å²) in [5.74, 6) is 1.32. The Morgan fingerprint density at radius 2 is 2.07 bits per heavy atom. The molecule has 0 aliphatic carbocycles. The molecule has 0 spiro atoms. The van der Waals surface area contributed by atoms with E-state index in [1.807, 2.05) is 6.92 Å². The van der Waals surface area contributed by atoms with Crippen molar-refractivity contribution in [2.45, 2.75) is 25.4 Å². The normalized spacial score (nSPS) is 15.8. The maximum atomic E-state index is 11.6. The molecular formula is C19H23ClN8O2. The van der Waals surface area contributed by atoms with Gasteiger partial charge < -0.3 is 20.3 Å². The maximum Gasteiger partial charge on any atom is 0.407 e. The van der Waals surface area contributed by atoms with Crippen molar-refractivity contribution in [3.63, 3.8) is 0 Å². The van der Waals surface area contributed by atoms with Gasteiger partial charge in [-0.2, -0.15) is 5.10 Å². The molecule has 0 bridgehead atoms. The summed E-state index contributed by atoms with van der Waals surface area (Å²) >= 11 is 6.45. The number of nitrogens with one attached hydrogen (secondary N) is 3. The van der Waals surface area contributed by atoms with Gasteiger partial charge in [0.05, 0.1) is 11.2 Å². The molecule has 3 aromatic rings. The average molecular weight is 431 g/mol. The lowest BCUT2D eigenvalue weighted by Crippen LogP contribution is -2.46. The molecule has 1 aliphatic rings. The lowest BCUT2D eigenvalue weighted by molar-refractivity contribution is 0.00825. The van der Waals surface area contributed by atoms with Crippen molar-refractivity contribution >= 4 is 40.5 Å². The number of aromatic nitrogens is 5. The Hall–Kier alpha value is -3.14. The topological polar surface area (TPSA) is 121 Å². The summed E-state index contributed by atoms with van der Waals surface area (Å²) in [6.07, 6.45) is 4.40.